The van der Waals surface area contributed by atoms with Gasteiger partial charge in [0.05, 0.1) is 17.1 Å². The second kappa shape index (κ2) is 7.98. The second-order valence-corrected chi connectivity index (χ2v) is 7.72. The lowest BCUT2D eigenvalue weighted by Crippen LogP contribution is -2.48. The van der Waals surface area contributed by atoms with E-state index in [-0.39, 0.29) is 24.3 Å². The topological polar surface area (TPSA) is 75.7 Å². The summed E-state index contributed by atoms with van der Waals surface area (Å²) in [6.45, 7) is 4.23. The van der Waals surface area contributed by atoms with Crippen LogP contribution in [0.3, 0.4) is 0 Å². The molecule has 0 aliphatic carbocycles. The molecule has 28 heavy (non-hydrogen) atoms. The number of rotatable bonds is 3. The lowest BCUT2D eigenvalue weighted by Gasteiger charge is -2.28. The third kappa shape index (κ3) is 5.37. The van der Waals surface area contributed by atoms with Crippen molar-refractivity contribution >= 4 is 29.5 Å². The lowest BCUT2D eigenvalue weighted by atomic mass is 10.1. The maximum Gasteiger partial charge on any atom is 0.417 e. The van der Waals surface area contributed by atoms with Crippen LogP contribution in [0, 0.1) is 0 Å². The highest BCUT2D eigenvalue weighted by atomic mass is 35.5. The SMILES string of the molecule is CC(C)(C)OC(=O)N(Cc1cccc(C(F)(F)F)c1Cl)C(=O)[C@@H]1CCC(=O)N1. The first-order valence-electron chi connectivity index (χ1n) is 8.48. The molecular formula is C18H20ClF3N2O4. The molecule has 1 aromatic rings. The summed E-state index contributed by atoms with van der Waals surface area (Å²) in [6, 6.07) is 2.28. The quantitative estimate of drug-likeness (QED) is 0.804. The van der Waals surface area contributed by atoms with E-state index in [2.05, 4.69) is 5.32 Å². The Kier molecular flexibility index (Phi) is 6.27. The van der Waals surface area contributed by atoms with E-state index in [9.17, 15) is 27.6 Å². The van der Waals surface area contributed by atoms with Gasteiger partial charge in [-0.15, -0.1) is 0 Å². The molecule has 2 rings (SSSR count). The van der Waals surface area contributed by atoms with Crippen LogP contribution < -0.4 is 5.32 Å². The molecule has 1 aliphatic heterocycles. The minimum Gasteiger partial charge on any atom is -0.443 e. The highest BCUT2D eigenvalue weighted by molar-refractivity contribution is 6.32. The van der Waals surface area contributed by atoms with Crippen molar-refractivity contribution in [1.82, 2.24) is 10.2 Å². The molecule has 0 aromatic heterocycles. The molecule has 6 nitrogen and oxygen atoms in total. The molecule has 1 aromatic carbocycles. The average Bonchev–Trinajstić information content (AvgIpc) is 2.97. The predicted molar refractivity (Wildman–Crippen MR) is 94.4 cm³/mol. The van der Waals surface area contributed by atoms with Crippen LogP contribution in [0.1, 0.15) is 44.7 Å². The molecule has 1 N–H and O–H groups in total. The molecule has 1 atom stereocenters. The minimum atomic E-state index is -4.69. The number of carbonyl (C=O) groups excluding carboxylic acids is 3. The van der Waals surface area contributed by atoms with Crippen molar-refractivity contribution in [3.63, 3.8) is 0 Å². The molecule has 0 saturated carbocycles. The third-order valence-electron chi connectivity index (χ3n) is 3.89. The average molecular weight is 421 g/mol. The summed E-state index contributed by atoms with van der Waals surface area (Å²) >= 11 is 5.88. The van der Waals surface area contributed by atoms with E-state index >= 15 is 0 Å². The number of carbonyl (C=O) groups is 3. The fourth-order valence-electron chi connectivity index (χ4n) is 2.63. The standard InChI is InChI=1S/C18H20ClF3N2O4/c1-17(2,3)28-16(27)24(15(26)12-7-8-13(25)23-12)9-10-5-4-6-11(14(10)19)18(20,21)22/h4-6,12H,7-9H2,1-3H3,(H,23,25)/t12-/m0/s1. The number of nitrogens with zero attached hydrogens (tertiary/aromatic N) is 1. The van der Waals surface area contributed by atoms with Crippen molar-refractivity contribution in [2.75, 3.05) is 0 Å². The molecule has 0 unspecified atom stereocenters. The van der Waals surface area contributed by atoms with Crippen LogP contribution in [0.4, 0.5) is 18.0 Å². The Balaban J connectivity index is 2.36. The Bertz CT molecular complexity index is 790. The van der Waals surface area contributed by atoms with Gasteiger partial charge in [0.15, 0.2) is 0 Å². The first-order chi connectivity index (χ1) is 12.8. The molecule has 10 heteroatoms. The van der Waals surface area contributed by atoms with Gasteiger partial charge in [0.25, 0.3) is 5.91 Å². The normalized spacial score (nSPS) is 17.2. The van der Waals surface area contributed by atoms with E-state index in [4.69, 9.17) is 16.3 Å². The van der Waals surface area contributed by atoms with Crippen molar-refractivity contribution in [1.29, 1.82) is 0 Å². The highest BCUT2D eigenvalue weighted by Gasteiger charge is 2.38. The summed E-state index contributed by atoms with van der Waals surface area (Å²) in [7, 11) is 0. The van der Waals surface area contributed by atoms with Gasteiger partial charge in [-0.05, 0) is 38.8 Å². The van der Waals surface area contributed by atoms with Crippen molar-refractivity contribution in [2.24, 2.45) is 0 Å². The molecule has 0 radical (unpaired) electrons. The largest absolute Gasteiger partial charge is 0.443 e. The number of amides is 3. The molecule has 0 bridgehead atoms. The van der Waals surface area contributed by atoms with Crippen molar-refractivity contribution < 1.29 is 32.3 Å². The number of alkyl halides is 3. The monoisotopic (exact) mass is 420 g/mol. The van der Waals surface area contributed by atoms with Crippen LogP contribution in [0.15, 0.2) is 18.2 Å². The van der Waals surface area contributed by atoms with E-state index in [1.54, 1.807) is 20.8 Å². The lowest BCUT2D eigenvalue weighted by molar-refractivity contribution is -0.137. The van der Waals surface area contributed by atoms with Crippen LogP contribution >= 0.6 is 11.6 Å². The summed E-state index contributed by atoms with van der Waals surface area (Å²) < 4.78 is 44.5. The Hall–Kier alpha value is -2.29. The van der Waals surface area contributed by atoms with Gasteiger partial charge in [0.1, 0.15) is 11.6 Å². The van der Waals surface area contributed by atoms with E-state index in [0.29, 0.717) is 4.90 Å². The minimum absolute atomic E-state index is 0.0694. The van der Waals surface area contributed by atoms with Gasteiger partial charge in [-0.3, -0.25) is 9.59 Å². The van der Waals surface area contributed by atoms with E-state index in [0.717, 1.165) is 12.1 Å². The number of halogens is 4. The van der Waals surface area contributed by atoms with E-state index < -0.39 is 47.0 Å². The van der Waals surface area contributed by atoms with Gasteiger partial charge >= 0.3 is 12.3 Å². The zero-order valence-corrected chi connectivity index (χ0v) is 16.3. The molecular weight excluding hydrogens is 401 g/mol. The van der Waals surface area contributed by atoms with E-state index in [1.165, 1.54) is 6.07 Å². The summed E-state index contributed by atoms with van der Waals surface area (Å²) in [5.74, 6) is -1.12. The molecule has 1 fully saturated rings. The number of nitrogens with one attached hydrogen (secondary N) is 1. The van der Waals surface area contributed by atoms with Gasteiger partial charge in [0, 0.05) is 6.42 Å². The zero-order valence-electron chi connectivity index (χ0n) is 15.5. The first-order valence-corrected chi connectivity index (χ1v) is 8.85. The fourth-order valence-corrected chi connectivity index (χ4v) is 2.92. The number of ether oxygens (including phenoxy) is 1. The first kappa shape index (κ1) is 22.0. The van der Waals surface area contributed by atoms with Gasteiger partial charge in [-0.25, -0.2) is 9.69 Å². The molecule has 1 heterocycles. The summed E-state index contributed by atoms with van der Waals surface area (Å²) in [5, 5.41) is 1.83. The van der Waals surface area contributed by atoms with Crippen LogP contribution in [0.25, 0.3) is 0 Å². The molecule has 0 spiro atoms. The Labute approximate surface area is 165 Å². The van der Waals surface area contributed by atoms with Crippen LogP contribution in [0.2, 0.25) is 5.02 Å². The Morgan fingerprint density at radius 3 is 2.43 bits per heavy atom. The number of hydrogen-bond donors (Lipinski definition) is 1. The van der Waals surface area contributed by atoms with Crippen LogP contribution in [-0.2, 0) is 27.0 Å². The van der Waals surface area contributed by atoms with Crippen molar-refractivity contribution in [2.45, 2.75) is 58.0 Å². The van der Waals surface area contributed by atoms with Gasteiger partial charge in [-0.2, -0.15) is 13.2 Å². The summed E-state index contributed by atoms with van der Waals surface area (Å²) in [4.78, 5) is 37.4. The Morgan fingerprint density at radius 1 is 1.29 bits per heavy atom. The van der Waals surface area contributed by atoms with Gasteiger partial charge in [-0.1, -0.05) is 23.7 Å². The maximum atomic E-state index is 13.1. The fraction of sp³-hybridized carbons (Fsp3) is 0.500. The van der Waals surface area contributed by atoms with Crippen molar-refractivity contribution in [3.8, 4) is 0 Å². The van der Waals surface area contributed by atoms with Crippen LogP contribution in [-0.4, -0.2) is 34.5 Å². The second-order valence-electron chi connectivity index (χ2n) is 7.34. The third-order valence-corrected chi connectivity index (χ3v) is 4.33. The van der Waals surface area contributed by atoms with Crippen LogP contribution in [0.5, 0.6) is 0 Å². The molecule has 3 amide bonds. The smallest absolute Gasteiger partial charge is 0.417 e. The number of hydrogen-bond acceptors (Lipinski definition) is 4. The highest BCUT2D eigenvalue weighted by Crippen LogP contribution is 2.36. The molecule has 1 aliphatic rings. The van der Waals surface area contributed by atoms with Crippen molar-refractivity contribution in [3.05, 3.63) is 34.3 Å². The summed E-state index contributed by atoms with van der Waals surface area (Å²) in [5.41, 5.74) is -2.08. The Morgan fingerprint density at radius 2 is 1.93 bits per heavy atom. The van der Waals surface area contributed by atoms with Gasteiger partial charge in [0.2, 0.25) is 5.91 Å². The number of imide groups is 1. The zero-order chi connectivity index (χ0) is 21.3. The molecule has 154 valence electrons. The maximum absolute atomic E-state index is 13.1. The van der Waals surface area contributed by atoms with E-state index in [1.807, 2.05) is 0 Å². The van der Waals surface area contributed by atoms with Gasteiger partial charge < -0.3 is 10.1 Å². The number of benzene rings is 1. The molecule has 1 saturated heterocycles. The summed E-state index contributed by atoms with van der Waals surface area (Å²) in [6.07, 6.45) is -5.43. The predicted octanol–water partition coefficient (Wildman–Crippen LogP) is 3.90.